The highest BCUT2D eigenvalue weighted by Gasteiger charge is 2.37. The Balaban J connectivity index is 1.65. The second kappa shape index (κ2) is 6.02. The number of aromatic nitrogens is 2. The molecular formula is C15H17N3O3S. The maximum Gasteiger partial charge on any atom is 0.284 e. The van der Waals surface area contributed by atoms with E-state index in [-0.39, 0.29) is 16.3 Å². The second-order valence-corrected chi connectivity index (χ2v) is 5.79. The number of H-pyrrole nitrogens is 1. The van der Waals surface area contributed by atoms with Gasteiger partial charge in [-0.2, -0.15) is 0 Å². The monoisotopic (exact) mass is 319 g/mol. The molecule has 1 fully saturated rings. The van der Waals surface area contributed by atoms with Crippen molar-refractivity contribution in [1.29, 1.82) is 0 Å². The van der Waals surface area contributed by atoms with Gasteiger partial charge < -0.3 is 14.5 Å². The molecular weight excluding hydrogens is 302 g/mol. The van der Waals surface area contributed by atoms with Crippen LogP contribution in [0.3, 0.4) is 0 Å². The Morgan fingerprint density at radius 2 is 2.18 bits per heavy atom. The summed E-state index contributed by atoms with van der Waals surface area (Å²) in [6.45, 7) is 0.540. The number of hydrogen-bond donors (Lipinski definition) is 2. The van der Waals surface area contributed by atoms with Crippen LogP contribution in [0, 0.1) is 4.84 Å². The Kier molecular flexibility index (Phi) is 4.08. The number of nitrogens with one attached hydrogen (secondary N) is 2. The lowest BCUT2D eigenvalue weighted by atomic mass is 9.80. The lowest BCUT2D eigenvalue weighted by Gasteiger charge is -2.40. The molecule has 116 valence electrons. The topological polar surface area (TPSA) is 80.1 Å². The van der Waals surface area contributed by atoms with Crippen LogP contribution in [0.25, 0.3) is 11.5 Å². The minimum Gasteiger partial charge on any atom is -0.409 e. The Bertz CT molecular complexity index is 711. The highest BCUT2D eigenvalue weighted by Crippen LogP contribution is 2.34. The van der Waals surface area contributed by atoms with Crippen molar-refractivity contribution in [3.05, 3.63) is 34.7 Å². The summed E-state index contributed by atoms with van der Waals surface area (Å²) >= 11 is 4.84. The smallest absolute Gasteiger partial charge is 0.284 e. The Morgan fingerprint density at radius 3 is 2.68 bits per heavy atom. The molecule has 1 aliphatic rings. The summed E-state index contributed by atoms with van der Waals surface area (Å²) in [4.78, 5) is 12.4. The lowest BCUT2D eigenvalue weighted by Crippen LogP contribution is -2.49. The molecule has 0 bridgehead atoms. The fourth-order valence-electron chi connectivity index (χ4n) is 2.49. The van der Waals surface area contributed by atoms with Crippen molar-refractivity contribution in [1.82, 2.24) is 15.5 Å². The first kappa shape index (κ1) is 14.9. The highest BCUT2D eigenvalue weighted by molar-refractivity contribution is 7.71. The molecule has 0 atom stereocenters. The first-order chi connectivity index (χ1) is 10.6. The van der Waals surface area contributed by atoms with Gasteiger partial charge in [0.1, 0.15) is 0 Å². The van der Waals surface area contributed by atoms with Crippen LogP contribution in [0.15, 0.2) is 28.7 Å². The van der Waals surface area contributed by atoms with Gasteiger partial charge in [-0.1, -0.05) is 0 Å². The summed E-state index contributed by atoms with van der Waals surface area (Å²) in [5.74, 6) is 0.294. The van der Waals surface area contributed by atoms with Gasteiger partial charge in [0.2, 0.25) is 5.89 Å². The zero-order chi connectivity index (χ0) is 15.6. The van der Waals surface area contributed by atoms with Gasteiger partial charge in [0.25, 0.3) is 10.7 Å². The Labute approximate surface area is 132 Å². The molecule has 1 aromatic carbocycles. The van der Waals surface area contributed by atoms with Crippen molar-refractivity contribution in [2.24, 2.45) is 0 Å². The fourth-order valence-corrected chi connectivity index (χ4v) is 2.61. The van der Waals surface area contributed by atoms with Crippen molar-refractivity contribution in [3.63, 3.8) is 0 Å². The van der Waals surface area contributed by atoms with Crippen molar-refractivity contribution in [2.45, 2.75) is 24.9 Å². The zero-order valence-electron chi connectivity index (χ0n) is 12.2. The summed E-state index contributed by atoms with van der Waals surface area (Å²) in [7, 11) is 1.70. The summed E-state index contributed by atoms with van der Waals surface area (Å²) in [5.41, 5.74) is 1.17. The van der Waals surface area contributed by atoms with Crippen molar-refractivity contribution in [3.8, 4) is 11.5 Å². The molecule has 1 heterocycles. The molecule has 0 unspecified atom stereocenters. The van der Waals surface area contributed by atoms with Crippen LogP contribution in [-0.2, 0) is 4.74 Å². The molecule has 0 spiro atoms. The third kappa shape index (κ3) is 2.95. The van der Waals surface area contributed by atoms with Crippen LogP contribution in [0.5, 0.6) is 0 Å². The average molecular weight is 319 g/mol. The van der Waals surface area contributed by atoms with Crippen LogP contribution in [0.4, 0.5) is 0 Å². The molecule has 1 saturated carbocycles. The van der Waals surface area contributed by atoms with Crippen molar-refractivity contribution in [2.75, 3.05) is 13.7 Å². The van der Waals surface area contributed by atoms with Crippen molar-refractivity contribution >= 4 is 18.1 Å². The normalized spacial score (nSPS) is 16.0. The number of carbonyl (C=O) groups excluding carboxylic acids is 1. The van der Waals surface area contributed by atoms with Gasteiger partial charge in [0.05, 0.1) is 5.60 Å². The molecule has 2 N–H and O–H groups in total. The van der Waals surface area contributed by atoms with Crippen LogP contribution in [0.2, 0.25) is 0 Å². The van der Waals surface area contributed by atoms with E-state index in [4.69, 9.17) is 21.4 Å². The van der Waals surface area contributed by atoms with Crippen LogP contribution in [0.1, 0.15) is 29.6 Å². The van der Waals surface area contributed by atoms with E-state index in [0.717, 1.165) is 24.8 Å². The summed E-state index contributed by atoms with van der Waals surface area (Å²) in [6.07, 6.45) is 3.13. The minimum absolute atomic E-state index is 0.113. The van der Waals surface area contributed by atoms with Gasteiger partial charge in [-0.15, -0.1) is 5.10 Å². The van der Waals surface area contributed by atoms with E-state index < -0.39 is 0 Å². The largest absolute Gasteiger partial charge is 0.409 e. The predicted octanol–water partition coefficient (Wildman–Crippen LogP) is 2.70. The van der Waals surface area contributed by atoms with Gasteiger partial charge in [0, 0.05) is 24.8 Å². The van der Waals surface area contributed by atoms with E-state index in [9.17, 15) is 4.79 Å². The molecule has 6 nitrogen and oxygen atoms in total. The van der Waals surface area contributed by atoms with E-state index in [2.05, 4.69) is 15.5 Å². The quantitative estimate of drug-likeness (QED) is 0.828. The lowest BCUT2D eigenvalue weighted by molar-refractivity contribution is -0.0679. The first-order valence-corrected chi connectivity index (χ1v) is 7.52. The van der Waals surface area contributed by atoms with Gasteiger partial charge in [0.15, 0.2) is 0 Å². The molecule has 2 aromatic rings. The number of benzene rings is 1. The van der Waals surface area contributed by atoms with Gasteiger partial charge in [-0.25, -0.2) is 5.10 Å². The SMILES string of the molecule is COC1(CNC(=O)c2ccc(-c3n[nH]c(=S)o3)cc2)CCC1. The molecule has 0 radical (unpaired) electrons. The minimum atomic E-state index is -0.177. The summed E-state index contributed by atoms with van der Waals surface area (Å²) in [5, 5.41) is 9.44. The molecule has 0 saturated heterocycles. The van der Waals surface area contributed by atoms with Gasteiger partial charge >= 0.3 is 0 Å². The maximum atomic E-state index is 12.2. The van der Waals surface area contributed by atoms with E-state index in [0.29, 0.717) is 18.0 Å². The Hall–Kier alpha value is -1.99. The average Bonchev–Trinajstić information content (AvgIpc) is 2.93. The Morgan fingerprint density at radius 1 is 1.45 bits per heavy atom. The fraction of sp³-hybridized carbons (Fsp3) is 0.400. The number of carbonyl (C=O) groups is 1. The summed E-state index contributed by atoms with van der Waals surface area (Å²) in [6, 6.07) is 7.02. The molecule has 1 amide bonds. The molecule has 1 aliphatic carbocycles. The van der Waals surface area contributed by atoms with Crippen LogP contribution < -0.4 is 5.32 Å². The molecule has 0 aliphatic heterocycles. The third-order valence-electron chi connectivity index (χ3n) is 4.10. The van der Waals surface area contributed by atoms with E-state index >= 15 is 0 Å². The zero-order valence-corrected chi connectivity index (χ0v) is 13.0. The number of nitrogens with zero attached hydrogens (tertiary/aromatic N) is 1. The number of amides is 1. The van der Waals surface area contributed by atoms with Crippen molar-refractivity contribution < 1.29 is 13.9 Å². The molecule has 3 rings (SSSR count). The number of methoxy groups -OCH3 is 1. The third-order valence-corrected chi connectivity index (χ3v) is 4.28. The highest BCUT2D eigenvalue weighted by atomic mass is 32.1. The standard InChI is InChI=1S/C15H17N3O3S/c1-20-15(7-2-8-15)9-16-12(19)10-3-5-11(6-4-10)13-17-18-14(22)21-13/h3-6H,2,7-9H2,1H3,(H,16,19)(H,18,22). The molecule has 22 heavy (non-hydrogen) atoms. The van der Waals surface area contributed by atoms with E-state index in [1.165, 1.54) is 0 Å². The molecule has 7 heteroatoms. The van der Waals surface area contributed by atoms with Gasteiger partial charge in [-0.3, -0.25) is 4.79 Å². The summed E-state index contributed by atoms with van der Waals surface area (Å²) < 4.78 is 10.7. The number of rotatable bonds is 5. The maximum absolute atomic E-state index is 12.2. The number of hydrogen-bond acceptors (Lipinski definition) is 5. The van der Waals surface area contributed by atoms with Crippen LogP contribution >= 0.6 is 12.2 Å². The van der Waals surface area contributed by atoms with E-state index in [1.807, 2.05) is 0 Å². The predicted molar refractivity (Wildman–Crippen MR) is 83.0 cm³/mol. The van der Waals surface area contributed by atoms with E-state index in [1.54, 1.807) is 31.4 Å². The first-order valence-electron chi connectivity index (χ1n) is 7.11. The van der Waals surface area contributed by atoms with Gasteiger partial charge in [-0.05, 0) is 55.7 Å². The number of aromatic amines is 1. The molecule has 1 aromatic heterocycles. The number of ether oxygens (including phenoxy) is 1. The van der Waals surface area contributed by atoms with Crippen LogP contribution in [-0.4, -0.2) is 35.4 Å². The second-order valence-electron chi connectivity index (χ2n) is 5.42.